The molecule has 0 aliphatic carbocycles. The molecule has 0 fully saturated rings. The smallest absolute Gasteiger partial charge is 0.169 e. The van der Waals surface area contributed by atoms with Gasteiger partial charge in [-0.15, -0.1) is 45.3 Å². The summed E-state index contributed by atoms with van der Waals surface area (Å²) in [5.74, 6) is 0.158. The molecule has 0 N–H and O–H groups in total. The molecule has 1 aromatic carbocycles. The third-order valence-corrected chi connectivity index (χ3v) is 10.3. The molecule has 5 heteroatoms. The van der Waals surface area contributed by atoms with Gasteiger partial charge in [0.05, 0.1) is 14.5 Å². The Morgan fingerprint density at radius 1 is 0.741 bits per heavy atom. The van der Waals surface area contributed by atoms with Gasteiger partial charge in [0, 0.05) is 29.4 Å². The molecule has 4 aromatic heterocycles. The minimum Gasteiger partial charge on any atom is -0.294 e. The van der Waals surface area contributed by atoms with Gasteiger partial charge >= 0.3 is 0 Å². The average Bonchev–Trinajstić information content (AvgIpc) is 3.35. The number of aryl methyl sites for hydroxylation is 4. The number of hydrogen-bond acceptors (Lipinski definition) is 5. The van der Waals surface area contributed by atoms with Crippen LogP contribution in [-0.4, -0.2) is 5.78 Å². The van der Waals surface area contributed by atoms with Crippen LogP contribution in [-0.2, 0) is 0 Å². The Labute approximate surface area is 173 Å². The van der Waals surface area contributed by atoms with Crippen molar-refractivity contribution in [2.75, 3.05) is 0 Å². The zero-order chi connectivity index (χ0) is 19.0. The summed E-state index contributed by atoms with van der Waals surface area (Å²) in [5, 5.41) is 4.02. The average molecular weight is 427 g/mol. The predicted octanol–water partition coefficient (Wildman–Crippen LogP) is 8.50. The Hall–Kier alpha value is -1.53. The number of rotatable bonds is 2. The van der Waals surface area contributed by atoms with E-state index in [-0.39, 0.29) is 5.78 Å². The van der Waals surface area contributed by atoms with Crippen LogP contribution in [0.3, 0.4) is 0 Å². The lowest BCUT2D eigenvalue weighted by Crippen LogP contribution is -1.83. The highest BCUT2D eigenvalue weighted by Gasteiger charge is 2.20. The van der Waals surface area contributed by atoms with Crippen LogP contribution in [0.1, 0.15) is 37.5 Å². The molecule has 5 rings (SSSR count). The molecule has 1 nitrogen and oxygen atoms in total. The largest absolute Gasteiger partial charge is 0.294 e. The van der Waals surface area contributed by atoms with E-state index < -0.39 is 0 Å². The number of ketones is 1. The van der Waals surface area contributed by atoms with Crippen LogP contribution in [0.5, 0.6) is 0 Å². The van der Waals surface area contributed by atoms with Gasteiger partial charge in [-0.2, -0.15) is 0 Å². The van der Waals surface area contributed by atoms with Gasteiger partial charge in [0.1, 0.15) is 0 Å². The predicted molar refractivity (Wildman–Crippen MR) is 125 cm³/mol. The Kier molecular flexibility index (Phi) is 3.89. The standard InChI is InChI=1S/C22H18OS4/c1-9-6-14-10(2)20-15(11(3)19(14)24-9)7-18(27-20)22-21-16(13(5)25-22)8-17(26-21)12(4)23/h6-8H,1-5H3. The lowest BCUT2D eigenvalue weighted by atomic mass is 10.0. The zero-order valence-corrected chi connectivity index (χ0v) is 19.0. The van der Waals surface area contributed by atoms with Gasteiger partial charge in [-0.1, -0.05) is 0 Å². The Morgan fingerprint density at radius 2 is 1.41 bits per heavy atom. The molecular formula is C22H18OS4. The molecule has 0 bridgehead atoms. The maximum Gasteiger partial charge on any atom is 0.169 e. The van der Waals surface area contributed by atoms with Crippen molar-refractivity contribution >= 4 is 81.4 Å². The van der Waals surface area contributed by atoms with Crippen molar-refractivity contribution in [2.24, 2.45) is 0 Å². The number of Topliss-reactive ketones (excluding diaryl/α,β-unsaturated/α-hetero) is 1. The van der Waals surface area contributed by atoms with E-state index in [9.17, 15) is 4.79 Å². The summed E-state index contributed by atoms with van der Waals surface area (Å²) in [6, 6.07) is 6.77. The van der Waals surface area contributed by atoms with Crippen LogP contribution in [0.25, 0.3) is 40.0 Å². The van der Waals surface area contributed by atoms with E-state index in [1.807, 2.05) is 34.0 Å². The molecule has 0 atom stereocenters. The van der Waals surface area contributed by atoms with Gasteiger partial charge in [0.25, 0.3) is 0 Å². The summed E-state index contributed by atoms with van der Waals surface area (Å²) >= 11 is 7.29. The second-order valence-electron chi connectivity index (χ2n) is 7.10. The van der Waals surface area contributed by atoms with Crippen molar-refractivity contribution in [3.05, 3.63) is 44.0 Å². The molecule has 136 valence electrons. The van der Waals surface area contributed by atoms with E-state index in [0.29, 0.717) is 0 Å². The highest BCUT2D eigenvalue weighted by atomic mass is 32.1. The van der Waals surface area contributed by atoms with Crippen LogP contribution >= 0.6 is 45.3 Å². The minimum atomic E-state index is 0.158. The molecule has 0 spiro atoms. The number of thiophene rings is 4. The molecule has 4 heterocycles. The molecule has 27 heavy (non-hydrogen) atoms. The first-order chi connectivity index (χ1) is 12.8. The minimum absolute atomic E-state index is 0.158. The quantitative estimate of drug-likeness (QED) is 0.259. The third kappa shape index (κ3) is 2.49. The number of hydrogen-bond donors (Lipinski definition) is 0. The topological polar surface area (TPSA) is 17.1 Å². The summed E-state index contributed by atoms with van der Waals surface area (Å²) in [7, 11) is 0. The molecule has 0 aliphatic heterocycles. The Balaban J connectivity index is 1.81. The van der Waals surface area contributed by atoms with Crippen molar-refractivity contribution < 1.29 is 4.79 Å². The Bertz CT molecular complexity index is 1330. The van der Waals surface area contributed by atoms with Gasteiger partial charge in [-0.05, 0) is 74.7 Å². The monoisotopic (exact) mass is 426 g/mol. The van der Waals surface area contributed by atoms with Gasteiger partial charge in [0.2, 0.25) is 0 Å². The summed E-state index contributed by atoms with van der Waals surface area (Å²) in [4.78, 5) is 18.0. The third-order valence-electron chi connectivity index (χ3n) is 5.22. The number of fused-ring (bicyclic) bond motifs is 3. The SMILES string of the molecule is CC(=O)c1cc2c(C)sc(-c3cc4c(C)c5sc(C)cc5c(C)c4s3)c2s1. The second kappa shape index (κ2) is 5.98. The first-order valence-corrected chi connectivity index (χ1v) is 12.1. The van der Waals surface area contributed by atoms with Gasteiger partial charge < -0.3 is 0 Å². The summed E-state index contributed by atoms with van der Waals surface area (Å²) in [6.07, 6.45) is 0. The first kappa shape index (κ1) is 17.6. The number of benzene rings is 1. The summed E-state index contributed by atoms with van der Waals surface area (Å²) in [6.45, 7) is 10.5. The van der Waals surface area contributed by atoms with Crippen molar-refractivity contribution in [3.63, 3.8) is 0 Å². The van der Waals surface area contributed by atoms with Crippen LogP contribution in [0.4, 0.5) is 0 Å². The van der Waals surface area contributed by atoms with Crippen LogP contribution in [0.2, 0.25) is 0 Å². The van der Waals surface area contributed by atoms with E-state index in [2.05, 4.69) is 45.9 Å². The fourth-order valence-corrected chi connectivity index (χ4v) is 8.68. The second-order valence-corrected chi connectivity index (χ2v) is 11.7. The normalized spacial score (nSPS) is 12.0. The van der Waals surface area contributed by atoms with Crippen molar-refractivity contribution in [1.29, 1.82) is 0 Å². The fraction of sp³-hybridized carbons (Fsp3) is 0.227. The fourth-order valence-electron chi connectivity index (χ4n) is 3.79. The molecule has 0 radical (unpaired) electrons. The highest BCUT2D eigenvalue weighted by molar-refractivity contribution is 7.31. The molecule has 0 amide bonds. The highest BCUT2D eigenvalue weighted by Crippen LogP contribution is 2.49. The number of carbonyl (C=O) groups excluding carboxylic acids is 1. The van der Waals surface area contributed by atoms with E-state index in [4.69, 9.17) is 0 Å². The maximum absolute atomic E-state index is 11.9. The van der Waals surface area contributed by atoms with Crippen LogP contribution in [0.15, 0.2) is 18.2 Å². The first-order valence-electron chi connectivity index (χ1n) is 8.82. The maximum atomic E-state index is 11.9. The summed E-state index contributed by atoms with van der Waals surface area (Å²) in [5.41, 5.74) is 2.79. The summed E-state index contributed by atoms with van der Waals surface area (Å²) < 4.78 is 4.09. The van der Waals surface area contributed by atoms with E-state index in [1.54, 1.807) is 18.3 Å². The van der Waals surface area contributed by atoms with Crippen LogP contribution in [0, 0.1) is 27.7 Å². The van der Waals surface area contributed by atoms with Crippen molar-refractivity contribution in [2.45, 2.75) is 34.6 Å². The van der Waals surface area contributed by atoms with Crippen molar-refractivity contribution in [1.82, 2.24) is 0 Å². The van der Waals surface area contributed by atoms with Gasteiger partial charge in [-0.3, -0.25) is 4.79 Å². The molecule has 5 aromatic rings. The molecule has 0 unspecified atom stereocenters. The Morgan fingerprint density at radius 3 is 2.11 bits per heavy atom. The molecular weight excluding hydrogens is 409 g/mol. The van der Waals surface area contributed by atoms with Crippen LogP contribution < -0.4 is 0 Å². The van der Waals surface area contributed by atoms with Gasteiger partial charge in [0.15, 0.2) is 5.78 Å². The van der Waals surface area contributed by atoms with E-state index in [0.717, 1.165) is 4.88 Å². The van der Waals surface area contributed by atoms with E-state index >= 15 is 0 Å². The lowest BCUT2D eigenvalue weighted by molar-refractivity contribution is 0.102. The van der Waals surface area contributed by atoms with E-state index in [1.165, 1.54) is 60.9 Å². The zero-order valence-electron chi connectivity index (χ0n) is 15.8. The number of carbonyl (C=O) groups is 1. The molecule has 0 saturated carbocycles. The molecule has 0 aliphatic rings. The van der Waals surface area contributed by atoms with Gasteiger partial charge in [-0.25, -0.2) is 0 Å². The lowest BCUT2D eigenvalue weighted by Gasteiger charge is -2.03. The van der Waals surface area contributed by atoms with Crippen molar-refractivity contribution in [3.8, 4) is 9.75 Å². The molecule has 0 saturated heterocycles.